The van der Waals surface area contributed by atoms with Gasteiger partial charge in [0.15, 0.2) is 0 Å². The third-order valence-electron chi connectivity index (χ3n) is 1.92. The van der Waals surface area contributed by atoms with Crippen LogP contribution >= 0.6 is 0 Å². The van der Waals surface area contributed by atoms with Crippen LogP contribution < -0.4 is 24.2 Å². The van der Waals surface area contributed by atoms with Gasteiger partial charge in [-0.1, -0.05) is 27.7 Å². The largest absolute Gasteiger partial charge is 1.00 e. The van der Waals surface area contributed by atoms with Crippen molar-refractivity contribution in [3.05, 3.63) is 0 Å². The molecule has 0 aliphatic rings. The quantitative estimate of drug-likeness (QED) is 0.345. The Hall–Kier alpha value is 0.397. The summed E-state index contributed by atoms with van der Waals surface area (Å²) in [4.78, 5) is 1.79. The van der Waals surface area contributed by atoms with E-state index in [-0.39, 0.29) is 40.1 Å². The monoisotopic (exact) mass is 258 g/mol. The second-order valence-corrected chi connectivity index (χ2v) is 4.49. The predicted octanol–water partition coefficient (Wildman–Crippen LogP) is -3.23. The van der Waals surface area contributed by atoms with Gasteiger partial charge in [0, 0.05) is 31.7 Å². The molecule has 4 N–H and O–H groups in total. The van der Waals surface area contributed by atoms with E-state index >= 15 is 0 Å². The molecule has 6 heteroatoms. The van der Waals surface area contributed by atoms with E-state index in [1.807, 2.05) is 0 Å². The molecule has 0 aromatic heterocycles. The third kappa shape index (κ3) is 21.7. The van der Waals surface area contributed by atoms with Gasteiger partial charge in [-0.25, -0.2) is 0 Å². The van der Waals surface area contributed by atoms with Gasteiger partial charge in [0.1, 0.15) is 0 Å². The maximum absolute atomic E-state index is 8.48. The molecule has 0 bridgehead atoms. The van der Waals surface area contributed by atoms with E-state index in [0.717, 1.165) is 0 Å². The molecule has 0 radical (unpaired) electrons. The fraction of sp³-hybridized carbons (Fsp3) is 1.00. The van der Waals surface area contributed by atoms with Crippen LogP contribution in [0.5, 0.6) is 0 Å². The SMILES string of the molecule is CC(C)NC(C)C.OCCN(CCO)CCO.[H-].[Li+]. The molecule has 0 unspecified atom stereocenters. The molecule has 0 spiro atoms. The number of aliphatic hydroxyl groups excluding tert-OH is 3. The van der Waals surface area contributed by atoms with Gasteiger partial charge in [0.2, 0.25) is 0 Å². The summed E-state index contributed by atoms with van der Waals surface area (Å²) in [5, 5.41) is 28.8. The van der Waals surface area contributed by atoms with Crippen LogP contribution in [0.3, 0.4) is 0 Å². The summed E-state index contributed by atoms with van der Waals surface area (Å²) in [7, 11) is 0. The normalized spacial score (nSPS) is 10.3. The van der Waals surface area contributed by atoms with Crippen LogP contribution in [0.4, 0.5) is 0 Å². The first kappa shape index (κ1) is 23.5. The zero-order valence-electron chi connectivity index (χ0n) is 13.7. The standard InChI is InChI=1S/C6H15NO3.C6H15N.Li.H/c8-4-1-7(2-5-9)3-6-10;1-5(2)7-6(3)4;;/h8-10H,1-6H2;5-7H,1-4H3;;/q;;+1;-1. The van der Waals surface area contributed by atoms with E-state index in [1.165, 1.54) is 0 Å². The summed E-state index contributed by atoms with van der Waals surface area (Å²) in [6.45, 7) is 10.4. The van der Waals surface area contributed by atoms with E-state index in [4.69, 9.17) is 15.3 Å². The Balaban J connectivity index is -0.000000112. The summed E-state index contributed by atoms with van der Waals surface area (Å²) in [5.41, 5.74) is 0. The smallest absolute Gasteiger partial charge is 1.00 e. The van der Waals surface area contributed by atoms with Crippen molar-refractivity contribution in [2.24, 2.45) is 0 Å². The molecule has 0 saturated carbocycles. The Labute approximate surface area is 125 Å². The molecule has 0 saturated heterocycles. The summed E-state index contributed by atoms with van der Waals surface area (Å²) >= 11 is 0. The molecule has 0 atom stereocenters. The Morgan fingerprint density at radius 1 is 0.833 bits per heavy atom. The molecule has 0 fully saturated rings. The Kier molecular flexibility index (Phi) is 22.7. The average Bonchev–Trinajstić information content (AvgIpc) is 2.17. The van der Waals surface area contributed by atoms with Gasteiger partial charge >= 0.3 is 18.9 Å². The molecule has 5 nitrogen and oxygen atoms in total. The number of aliphatic hydroxyl groups is 3. The van der Waals surface area contributed by atoms with E-state index in [1.54, 1.807) is 4.90 Å². The number of hydrogen-bond donors (Lipinski definition) is 4. The van der Waals surface area contributed by atoms with E-state index in [9.17, 15) is 0 Å². The third-order valence-corrected chi connectivity index (χ3v) is 1.92. The van der Waals surface area contributed by atoms with Crippen molar-refractivity contribution in [1.29, 1.82) is 0 Å². The van der Waals surface area contributed by atoms with Gasteiger partial charge in [-0.05, 0) is 0 Å². The Bertz CT molecular complexity index is 135. The van der Waals surface area contributed by atoms with Crippen molar-refractivity contribution in [2.45, 2.75) is 39.8 Å². The minimum absolute atomic E-state index is 0. The zero-order chi connectivity index (χ0) is 13.7. The zero-order valence-corrected chi connectivity index (χ0v) is 12.7. The summed E-state index contributed by atoms with van der Waals surface area (Å²) in [5.74, 6) is 0. The second kappa shape index (κ2) is 17.4. The maximum atomic E-state index is 8.48. The van der Waals surface area contributed by atoms with Gasteiger partial charge < -0.3 is 22.1 Å². The van der Waals surface area contributed by atoms with Crippen LogP contribution in [-0.2, 0) is 0 Å². The summed E-state index contributed by atoms with van der Waals surface area (Å²) < 4.78 is 0. The molecule has 0 aromatic rings. The molecular formula is C12H31LiN2O3. The molecule has 0 amide bonds. The summed E-state index contributed by atoms with van der Waals surface area (Å²) in [6, 6.07) is 1.25. The van der Waals surface area contributed by atoms with Crippen molar-refractivity contribution in [2.75, 3.05) is 39.5 Å². The Morgan fingerprint density at radius 3 is 1.22 bits per heavy atom. The molecule has 0 rings (SSSR count). The minimum Gasteiger partial charge on any atom is -1.00 e. The molecule has 0 heterocycles. The van der Waals surface area contributed by atoms with Gasteiger partial charge in [-0.15, -0.1) is 0 Å². The number of nitrogens with zero attached hydrogens (tertiary/aromatic N) is 1. The van der Waals surface area contributed by atoms with Crippen LogP contribution in [0.25, 0.3) is 0 Å². The predicted molar refractivity (Wildman–Crippen MR) is 72.2 cm³/mol. The van der Waals surface area contributed by atoms with Gasteiger partial charge in [-0.3, -0.25) is 4.90 Å². The topological polar surface area (TPSA) is 76.0 Å². The van der Waals surface area contributed by atoms with E-state index in [2.05, 4.69) is 33.0 Å². The average molecular weight is 258 g/mol. The summed E-state index contributed by atoms with van der Waals surface area (Å²) in [6.07, 6.45) is 0. The van der Waals surface area contributed by atoms with Crippen LogP contribution in [0.1, 0.15) is 29.1 Å². The number of nitrogens with one attached hydrogen (secondary N) is 1. The number of rotatable bonds is 8. The maximum Gasteiger partial charge on any atom is 1.00 e. The molecule has 0 aromatic carbocycles. The minimum atomic E-state index is 0. The van der Waals surface area contributed by atoms with Crippen molar-refractivity contribution >= 4 is 0 Å². The van der Waals surface area contributed by atoms with Crippen LogP contribution in [0.15, 0.2) is 0 Å². The molecule has 0 aliphatic heterocycles. The van der Waals surface area contributed by atoms with Crippen LogP contribution in [-0.4, -0.2) is 71.8 Å². The van der Waals surface area contributed by atoms with Crippen molar-refractivity contribution < 1.29 is 35.6 Å². The first-order valence-corrected chi connectivity index (χ1v) is 6.28. The van der Waals surface area contributed by atoms with Crippen molar-refractivity contribution in [3.8, 4) is 0 Å². The fourth-order valence-electron chi connectivity index (χ4n) is 1.43. The van der Waals surface area contributed by atoms with E-state index in [0.29, 0.717) is 31.7 Å². The van der Waals surface area contributed by atoms with E-state index < -0.39 is 0 Å². The van der Waals surface area contributed by atoms with Crippen molar-refractivity contribution in [1.82, 2.24) is 10.2 Å². The fourth-order valence-corrected chi connectivity index (χ4v) is 1.43. The van der Waals surface area contributed by atoms with Crippen LogP contribution in [0, 0.1) is 0 Å². The molecule has 0 aliphatic carbocycles. The van der Waals surface area contributed by atoms with Crippen molar-refractivity contribution in [3.63, 3.8) is 0 Å². The van der Waals surface area contributed by atoms with Crippen LogP contribution in [0.2, 0.25) is 0 Å². The molecular weight excluding hydrogens is 227 g/mol. The molecule has 108 valence electrons. The number of hydrogen-bond acceptors (Lipinski definition) is 5. The van der Waals surface area contributed by atoms with Gasteiger partial charge in [0.05, 0.1) is 19.8 Å². The van der Waals surface area contributed by atoms with Gasteiger partial charge in [-0.2, -0.15) is 0 Å². The second-order valence-electron chi connectivity index (χ2n) is 4.49. The Morgan fingerprint density at radius 2 is 1.11 bits per heavy atom. The first-order valence-electron chi connectivity index (χ1n) is 6.28. The van der Waals surface area contributed by atoms with Gasteiger partial charge in [0.25, 0.3) is 0 Å². The first-order chi connectivity index (χ1) is 7.97. The molecule has 18 heavy (non-hydrogen) atoms.